The molecule has 0 unspecified atom stereocenters. The number of carbonyl (C=O) groups excluding carboxylic acids is 1. The number of carbonyl (C=O) groups is 1. The monoisotopic (exact) mass is 426 g/mol. The fraction of sp³-hybridized carbons (Fsp3) is 0.304. The number of amides is 1. The number of nitrogens with zero attached hydrogens (tertiary/aromatic N) is 1. The summed E-state index contributed by atoms with van der Waals surface area (Å²) >= 11 is 0. The number of rotatable bonds is 6. The highest BCUT2D eigenvalue weighted by Gasteiger charge is 2.21. The molecule has 3 rings (SSSR count). The summed E-state index contributed by atoms with van der Waals surface area (Å²) in [4.78, 5) is 12.5. The van der Waals surface area contributed by atoms with Crippen LogP contribution < -0.4 is 5.32 Å². The molecule has 1 N–H and O–H groups in total. The third-order valence-corrected chi connectivity index (χ3v) is 7.18. The Balaban J connectivity index is 1.76. The molecule has 0 fully saturated rings. The Hall–Kier alpha value is -2.93. The Morgan fingerprint density at radius 3 is 2.30 bits per heavy atom. The first kappa shape index (κ1) is 21.8. The Morgan fingerprint density at radius 1 is 0.967 bits per heavy atom. The fourth-order valence-corrected chi connectivity index (χ4v) is 4.68. The molecule has 30 heavy (non-hydrogen) atoms. The summed E-state index contributed by atoms with van der Waals surface area (Å²) in [7, 11) is -3.65. The van der Waals surface area contributed by atoms with E-state index in [1.807, 2.05) is 52.0 Å². The summed E-state index contributed by atoms with van der Waals surface area (Å²) in [6.45, 7) is 9.41. The van der Waals surface area contributed by atoms with Crippen LogP contribution in [0.15, 0.2) is 45.8 Å². The molecular weight excluding hydrogens is 400 g/mol. The van der Waals surface area contributed by atoms with Gasteiger partial charge in [0.15, 0.2) is 15.6 Å². The van der Waals surface area contributed by atoms with Crippen LogP contribution in [0.4, 0.5) is 5.69 Å². The third-order valence-electron chi connectivity index (χ3n) is 5.33. The Bertz CT molecular complexity index is 1210. The predicted molar refractivity (Wildman–Crippen MR) is 117 cm³/mol. The predicted octanol–water partition coefficient (Wildman–Crippen LogP) is 4.69. The molecule has 7 heteroatoms. The summed E-state index contributed by atoms with van der Waals surface area (Å²) in [5.74, 6) is -0.0590. The van der Waals surface area contributed by atoms with Crippen LogP contribution in [-0.2, 0) is 14.6 Å². The zero-order valence-corrected chi connectivity index (χ0v) is 18.7. The van der Waals surface area contributed by atoms with E-state index in [4.69, 9.17) is 4.52 Å². The van der Waals surface area contributed by atoms with Crippen molar-refractivity contribution in [2.45, 2.75) is 45.9 Å². The maximum absolute atomic E-state index is 13.0. The van der Waals surface area contributed by atoms with Gasteiger partial charge in [-0.1, -0.05) is 23.4 Å². The van der Waals surface area contributed by atoms with Crippen LogP contribution in [0.5, 0.6) is 0 Å². The van der Waals surface area contributed by atoms with E-state index in [1.54, 1.807) is 19.1 Å². The lowest BCUT2D eigenvalue weighted by Crippen LogP contribution is -2.18. The average molecular weight is 427 g/mol. The molecule has 0 radical (unpaired) electrons. The first-order chi connectivity index (χ1) is 14.1. The molecule has 2 aromatic carbocycles. The normalized spacial score (nSPS) is 11.5. The number of sulfone groups is 1. The van der Waals surface area contributed by atoms with E-state index in [1.165, 1.54) is 0 Å². The SMILES string of the molecule is Cc1ccc(NC(=O)CCS(=O)(=O)c2cc(-c3onc(C)c3C)ccc2C)cc1C. The van der Waals surface area contributed by atoms with Gasteiger partial charge in [-0.25, -0.2) is 8.42 Å². The Labute approximate surface area is 177 Å². The van der Waals surface area contributed by atoms with Gasteiger partial charge in [0.2, 0.25) is 5.91 Å². The van der Waals surface area contributed by atoms with Crippen molar-refractivity contribution in [3.63, 3.8) is 0 Å². The van der Waals surface area contributed by atoms with Crippen LogP contribution in [0.1, 0.15) is 34.4 Å². The zero-order valence-electron chi connectivity index (χ0n) is 17.9. The van der Waals surface area contributed by atoms with Crippen LogP contribution in [-0.4, -0.2) is 25.2 Å². The number of nitrogens with one attached hydrogen (secondary N) is 1. The van der Waals surface area contributed by atoms with Crippen LogP contribution in [0.25, 0.3) is 11.3 Å². The molecule has 0 atom stereocenters. The molecule has 1 heterocycles. The van der Waals surface area contributed by atoms with E-state index in [0.29, 0.717) is 22.6 Å². The molecule has 3 aromatic rings. The van der Waals surface area contributed by atoms with E-state index in [0.717, 1.165) is 22.4 Å². The van der Waals surface area contributed by atoms with Crippen molar-refractivity contribution in [2.24, 2.45) is 0 Å². The standard InChI is InChI=1S/C23H26N2O4S/c1-14-7-9-20(12-16(14)3)24-22(26)10-11-30(27,28)21-13-19(8-6-15(21)2)23-17(4)18(5)25-29-23/h6-9,12-13H,10-11H2,1-5H3,(H,24,26). The van der Waals surface area contributed by atoms with Crippen molar-refractivity contribution < 1.29 is 17.7 Å². The minimum atomic E-state index is -3.65. The highest BCUT2D eigenvalue weighted by Crippen LogP contribution is 2.29. The maximum Gasteiger partial charge on any atom is 0.225 e. The van der Waals surface area contributed by atoms with Crippen molar-refractivity contribution in [3.8, 4) is 11.3 Å². The van der Waals surface area contributed by atoms with E-state index in [9.17, 15) is 13.2 Å². The smallest absolute Gasteiger partial charge is 0.225 e. The molecule has 0 aliphatic rings. The molecule has 6 nitrogen and oxygen atoms in total. The Morgan fingerprint density at radius 2 is 1.67 bits per heavy atom. The van der Waals surface area contributed by atoms with Gasteiger partial charge in [0, 0.05) is 23.2 Å². The maximum atomic E-state index is 13.0. The largest absolute Gasteiger partial charge is 0.356 e. The number of benzene rings is 2. The van der Waals surface area contributed by atoms with Crippen LogP contribution >= 0.6 is 0 Å². The summed E-state index contributed by atoms with van der Waals surface area (Å²) < 4.78 is 31.3. The number of hydrogen-bond donors (Lipinski definition) is 1. The molecule has 158 valence electrons. The molecular formula is C23H26N2O4S. The number of aromatic nitrogens is 1. The van der Waals surface area contributed by atoms with Gasteiger partial charge in [0.05, 0.1) is 16.3 Å². The summed E-state index contributed by atoms with van der Waals surface area (Å²) in [6, 6.07) is 10.8. The average Bonchev–Trinajstić information content (AvgIpc) is 3.02. The van der Waals surface area contributed by atoms with Crippen molar-refractivity contribution in [3.05, 3.63) is 64.3 Å². The number of anilines is 1. The van der Waals surface area contributed by atoms with Crippen molar-refractivity contribution in [2.75, 3.05) is 11.1 Å². The number of hydrogen-bond acceptors (Lipinski definition) is 5. The highest BCUT2D eigenvalue weighted by molar-refractivity contribution is 7.91. The summed E-state index contributed by atoms with van der Waals surface area (Å²) in [6.07, 6.45) is -0.126. The van der Waals surface area contributed by atoms with Crippen molar-refractivity contribution in [1.29, 1.82) is 0 Å². The molecule has 1 aromatic heterocycles. The zero-order chi connectivity index (χ0) is 22.1. The van der Waals surface area contributed by atoms with Gasteiger partial charge in [-0.05, 0) is 69.5 Å². The summed E-state index contributed by atoms with van der Waals surface area (Å²) in [5, 5.41) is 6.71. The molecule has 1 amide bonds. The topological polar surface area (TPSA) is 89.3 Å². The lowest BCUT2D eigenvalue weighted by atomic mass is 10.1. The second kappa shape index (κ2) is 8.44. The lowest BCUT2D eigenvalue weighted by Gasteiger charge is -2.11. The molecule has 0 spiro atoms. The first-order valence-corrected chi connectivity index (χ1v) is 11.4. The minimum Gasteiger partial charge on any atom is -0.356 e. The molecule has 0 aliphatic heterocycles. The molecule has 0 bridgehead atoms. The van der Waals surface area contributed by atoms with E-state index < -0.39 is 9.84 Å². The molecule has 0 saturated heterocycles. The van der Waals surface area contributed by atoms with Gasteiger partial charge in [-0.2, -0.15) is 0 Å². The van der Waals surface area contributed by atoms with Crippen LogP contribution in [0, 0.1) is 34.6 Å². The number of aryl methyl sites for hydroxylation is 4. The van der Waals surface area contributed by atoms with E-state index >= 15 is 0 Å². The Kier molecular flexibility index (Phi) is 6.12. The quantitative estimate of drug-likeness (QED) is 0.618. The first-order valence-electron chi connectivity index (χ1n) is 9.72. The van der Waals surface area contributed by atoms with Gasteiger partial charge >= 0.3 is 0 Å². The van der Waals surface area contributed by atoms with E-state index in [2.05, 4.69) is 10.5 Å². The summed E-state index contributed by atoms with van der Waals surface area (Å²) in [5.41, 5.74) is 5.76. The second-order valence-corrected chi connectivity index (χ2v) is 9.70. The van der Waals surface area contributed by atoms with Crippen LogP contribution in [0.2, 0.25) is 0 Å². The van der Waals surface area contributed by atoms with Gasteiger partial charge in [-0.3, -0.25) is 4.79 Å². The van der Waals surface area contributed by atoms with E-state index in [-0.39, 0.29) is 23.0 Å². The van der Waals surface area contributed by atoms with Gasteiger partial charge in [0.25, 0.3) is 0 Å². The van der Waals surface area contributed by atoms with Crippen molar-refractivity contribution in [1.82, 2.24) is 5.16 Å². The van der Waals surface area contributed by atoms with Gasteiger partial charge in [0.1, 0.15) is 0 Å². The van der Waals surface area contributed by atoms with Crippen LogP contribution in [0.3, 0.4) is 0 Å². The molecule has 0 aliphatic carbocycles. The highest BCUT2D eigenvalue weighted by atomic mass is 32.2. The van der Waals surface area contributed by atoms with Gasteiger partial charge in [-0.15, -0.1) is 0 Å². The lowest BCUT2D eigenvalue weighted by molar-refractivity contribution is -0.115. The minimum absolute atomic E-state index is 0.126. The van der Waals surface area contributed by atoms with Gasteiger partial charge < -0.3 is 9.84 Å². The van der Waals surface area contributed by atoms with Crippen molar-refractivity contribution >= 4 is 21.4 Å². The third kappa shape index (κ3) is 4.62. The fourth-order valence-electron chi connectivity index (χ4n) is 3.14. The second-order valence-electron chi connectivity index (χ2n) is 7.62. The molecule has 0 saturated carbocycles.